The van der Waals surface area contributed by atoms with Crippen molar-refractivity contribution in [2.45, 2.75) is 13.0 Å². The Bertz CT molecular complexity index is 279. The van der Waals surface area contributed by atoms with Crippen molar-refractivity contribution < 1.29 is 4.79 Å². The summed E-state index contributed by atoms with van der Waals surface area (Å²) < 4.78 is 0. The van der Waals surface area contributed by atoms with Gasteiger partial charge >= 0.3 is 0 Å². The van der Waals surface area contributed by atoms with Gasteiger partial charge in [-0.15, -0.1) is 0 Å². The van der Waals surface area contributed by atoms with E-state index in [1.54, 1.807) is 11.3 Å². The van der Waals surface area contributed by atoms with Gasteiger partial charge in [-0.1, -0.05) is 0 Å². The van der Waals surface area contributed by atoms with Crippen molar-refractivity contribution in [1.82, 2.24) is 5.32 Å². The van der Waals surface area contributed by atoms with Crippen molar-refractivity contribution in [1.29, 1.82) is 0 Å². The van der Waals surface area contributed by atoms with E-state index in [1.807, 2.05) is 17.7 Å². The number of fused-ring (bicyclic) bond motifs is 1. The summed E-state index contributed by atoms with van der Waals surface area (Å²) in [5.41, 5.74) is 2.01. The number of carbonyl (C=O) groups excluding carboxylic acids is 1. The number of thiophene rings is 1. The molecule has 2 rings (SSSR count). The summed E-state index contributed by atoms with van der Waals surface area (Å²) in [5.74, 6) is 0.0729. The highest BCUT2D eigenvalue weighted by molar-refractivity contribution is 7.08. The smallest absolute Gasteiger partial charge is 0.252 e. The van der Waals surface area contributed by atoms with Crippen LogP contribution in [0, 0.1) is 0 Å². The lowest BCUT2D eigenvalue weighted by Gasteiger charge is -1.99. The second kappa shape index (κ2) is 1.83. The Balaban J connectivity index is 2.58. The molecule has 1 aromatic rings. The van der Waals surface area contributed by atoms with Crippen LogP contribution in [-0.2, 0) is 0 Å². The molecule has 0 aliphatic carbocycles. The molecule has 1 aromatic heterocycles. The molecule has 0 saturated heterocycles. The minimum Gasteiger partial charge on any atom is -0.345 e. The molecule has 1 N–H and O–H groups in total. The predicted octanol–water partition coefficient (Wildman–Crippen LogP) is 1.55. The van der Waals surface area contributed by atoms with Gasteiger partial charge in [-0.05, 0) is 17.9 Å². The lowest BCUT2D eigenvalue weighted by Crippen LogP contribution is -2.16. The SMILES string of the molecule is CC1NC(=O)c2cscc21. The average molecular weight is 153 g/mol. The van der Waals surface area contributed by atoms with Gasteiger partial charge in [-0.3, -0.25) is 4.79 Å². The number of rotatable bonds is 0. The van der Waals surface area contributed by atoms with Crippen LogP contribution in [0.25, 0.3) is 0 Å². The van der Waals surface area contributed by atoms with E-state index in [-0.39, 0.29) is 11.9 Å². The zero-order chi connectivity index (χ0) is 7.14. The monoisotopic (exact) mass is 153 g/mol. The fourth-order valence-corrected chi connectivity index (χ4v) is 2.10. The van der Waals surface area contributed by atoms with Crippen LogP contribution in [-0.4, -0.2) is 5.91 Å². The van der Waals surface area contributed by atoms with Crippen LogP contribution in [0.15, 0.2) is 10.8 Å². The van der Waals surface area contributed by atoms with Crippen molar-refractivity contribution >= 4 is 17.2 Å². The number of carbonyl (C=O) groups is 1. The summed E-state index contributed by atoms with van der Waals surface area (Å²) in [6.07, 6.45) is 0. The number of nitrogens with one attached hydrogen (secondary N) is 1. The van der Waals surface area contributed by atoms with Gasteiger partial charge in [0.05, 0.1) is 11.6 Å². The largest absolute Gasteiger partial charge is 0.345 e. The molecular weight excluding hydrogens is 146 g/mol. The van der Waals surface area contributed by atoms with E-state index in [0.29, 0.717) is 0 Å². The van der Waals surface area contributed by atoms with Crippen molar-refractivity contribution in [3.8, 4) is 0 Å². The quantitative estimate of drug-likeness (QED) is 0.602. The van der Waals surface area contributed by atoms with E-state index in [0.717, 1.165) is 11.1 Å². The van der Waals surface area contributed by atoms with E-state index in [4.69, 9.17) is 0 Å². The maximum Gasteiger partial charge on any atom is 0.252 e. The molecule has 1 aliphatic heterocycles. The van der Waals surface area contributed by atoms with Crippen molar-refractivity contribution in [2.75, 3.05) is 0 Å². The third-order valence-electron chi connectivity index (χ3n) is 1.75. The van der Waals surface area contributed by atoms with Crippen molar-refractivity contribution in [3.05, 3.63) is 21.9 Å². The van der Waals surface area contributed by atoms with E-state index in [9.17, 15) is 4.79 Å². The molecule has 2 heterocycles. The Hall–Kier alpha value is -0.830. The fourth-order valence-electron chi connectivity index (χ4n) is 1.18. The van der Waals surface area contributed by atoms with Crippen LogP contribution >= 0.6 is 11.3 Å². The Morgan fingerprint density at radius 3 is 3.10 bits per heavy atom. The van der Waals surface area contributed by atoms with Gasteiger partial charge in [-0.2, -0.15) is 11.3 Å². The average Bonchev–Trinajstić information content (AvgIpc) is 2.39. The van der Waals surface area contributed by atoms with Gasteiger partial charge in [0.2, 0.25) is 0 Å². The van der Waals surface area contributed by atoms with Gasteiger partial charge in [0.1, 0.15) is 0 Å². The number of hydrogen-bond donors (Lipinski definition) is 1. The summed E-state index contributed by atoms with van der Waals surface area (Å²) in [6, 6.07) is 0.216. The molecule has 1 aliphatic rings. The summed E-state index contributed by atoms with van der Waals surface area (Å²) in [7, 11) is 0. The first-order valence-electron chi connectivity index (χ1n) is 3.16. The van der Waals surface area contributed by atoms with Crippen molar-refractivity contribution in [2.24, 2.45) is 0 Å². The van der Waals surface area contributed by atoms with Crippen molar-refractivity contribution in [3.63, 3.8) is 0 Å². The predicted molar refractivity (Wildman–Crippen MR) is 40.2 cm³/mol. The zero-order valence-corrected chi connectivity index (χ0v) is 6.37. The molecule has 1 unspecified atom stereocenters. The van der Waals surface area contributed by atoms with Gasteiger partial charge in [-0.25, -0.2) is 0 Å². The fraction of sp³-hybridized carbons (Fsp3) is 0.286. The zero-order valence-electron chi connectivity index (χ0n) is 5.55. The summed E-state index contributed by atoms with van der Waals surface area (Å²) in [5, 5.41) is 6.75. The highest BCUT2D eigenvalue weighted by Gasteiger charge is 2.25. The van der Waals surface area contributed by atoms with Gasteiger partial charge in [0.25, 0.3) is 5.91 Å². The van der Waals surface area contributed by atoms with E-state index in [1.165, 1.54) is 0 Å². The molecule has 0 spiro atoms. The summed E-state index contributed by atoms with van der Waals surface area (Å²) >= 11 is 1.59. The Kier molecular flexibility index (Phi) is 1.08. The van der Waals surface area contributed by atoms with E-state index < -0.39 is 0 Å². The third-order valence-corrected chi connectivity index (χ3v) is 2.51. The minimum absolute atomic E-state index is 0.0729. The maximum absolute atomic E-state index is 11.0. The van der Waals surface area contributed by atoms with Gasteiger partial charge in [0, 0.05) is 5.38 Å². The molecule has 2 nitrogen and oxygen atoms in total. The van der Waals surface area contributed by atoms with Crippen LogP contribution in [0.5, 0.6) is 0 Å². The van der Waals surface area contributed by atoms with Crippen LogP contribution in [0.3, 0.4) is 0 Å². The normalized spacial score (nSPS) is 22.5. The molecule has 10 heavy (non-hydrogen) atoms. The van der Waals surface area contributed by atoms with Crippen LogP contribution < -0.4 is 5.32 Å². The highest BCUT2D eigenvalue weighted by atomic mass is 32.1. The van der Waals surface area contributed by atoms with Gasteiger partial charge < -0.3 is 5.32 Å². The first-order valence-corrected chi connectivity index (χ1v) is 4.10. The third kappa shape index (κ3) is 0.609. The van der Waals surface area contributed by atoms with Crippen LogP contribution in [0.2, 0.25) is 0 Å². The second-order valence-electron chi connectivity index (χ2n) is 2.44. The standard InChI is InChI=1S/C7H7NOS/c1-4-5-2-10-3-6(5)7(9)8-4/h2-4H,1H3,(H,8,9). The highest BCUT2D eigenvalue weighted by Crippen LogP contribution is 2.27. The molecule has 0 saturated carbocycles. The molecule has 3 heteroatoms. The maximum atomic E-state index is 11.0. The molecule has 0 bridgehead atoms. The van der Waals surface area contributed by atoms with Crippen LogP contribution in [0.1, 0.15) is 28.9 Å². The number of hydrogen-bond acceptors (Lipinski definition) is 2. The molecule has 1 amide bonds. The van der Waals surface area contributed by atoms with E-state index in [2.05, 4.69) is 5.32 Å². The van der Waals surface area contributed by atoms with Gasteiger partial charge in [0.15, 0.2) is 0 Å². The Morgan fingerprint density at radius 2 is 2.40 bits per heavy atom. The molecule has 0 radical (unpaired) electrons. The molecular formula is C7H7NOS. The molecule has 52 valence electrons. The summed E-state index contributed by atoms with van der Waals surface area (Å²) in [4.78, 5) is 11.0. The molecule has 0 aromatic carbocycles. The first-order chi connectivity index (χ1) is 4.79. The second-order valence-corrected chi connectivity index (χ2v) is 3.18. The molecule has 0 fully saturated rings. The number of amides is 1. The Labute approximate surface area is 62.9 Å². The van der Waals surface area contributed by atoms with E-state index >= 15 is 0 Å². The topological polar surface area (TPSA) is 29.1 Å². The lowest BCUT2D eigenvalue weighted by atomic mass is 10.2. The summed E-state index contributed by atoms with van der Waals surface area (Å²) in [6.45, 7) is 2.00. The minimum atomic E-state index is 0.0729. The van der Waals surface area contributed by atoms with Crippen LogP contribution in [0.4, 0.5) is 0 Å². The lowest BCUT2D eigenvalue weighted by molar-refractivity contribution is 0.0958. The first kappa shape index (κ1) is 5.92. The molecule has 1 atom stereocenters. The Morgan fingerprint density at radius 1 is 1.60 bits per heavy atom.